The van der Waals surface area contributed by atoms with Crippen LogP contribution in [0.4, 0.5) is 4.79 Å². The van der Waals surface area contributed by atoms with Crippen molar-refractivity contribution in [1.82, 2.24) is 5.32 Å². The van der Waals surface area contributed by atoms with Gasteiger partial charge < -0.3 is 20.9 Å². The smallest absolute Gasteiger partial charge is 0.405 e. The molecule has 6 heteroatoms. The van der Waals surface area contributed by atoms with Crippen LogP contribution in [-0.2, 0) is 9.53 Å². The van der Waals surface area contributed by atoms with Gasteiger partial charge in [0.1, 0.15) is 11.6 Å². The van der Waals surface area contributed by atoms with Crippen LogP contribution < -0.4 is 11.1 Å². The van der Waals surface area contributed by atoms with Crippen LogP contribution in [0.2, 0.25) is 0 Å². The fraction of sp³-hybridized carbons (Fsp3) is 0.800. The van der Waals surface area contributed by atoms with Crippen molar-refractivity contribution in [3.63, 3.8) is 0 Å². The number of carbonyl (C=O) groups is 2. The number of hydrogen-bond acceptors (Lipinski definition) is 4. The van der Waals surface area contributed by atoms with Crippen molar-refractivity contribution in [3.05, 3.63) is 0 Å². The zero-order valence-corrected chi connectivity index (χ0v) is 9.95. The number of hydrogen-bond donors (Lipinski definition) is 3. The summed E-state index contributed by atoms with van der Waals surface area (Å²) in [6.07, 6.45) is 1.06. The van der Waals surface area contributed by atoms with Gasteiger partial charge in [-0.15, -0.1) is 0 Å². The molecule has 1 aliphatic rings. The average Bonchev–Trinajstić information content (AvgIpc) is 2.50. The maximum absolute atomic E-state index is 10.1. The number of carbonyl (C=O) groups excluding carboxylic acids is 1. The maximum atomic E-state index is 10.1. The number of primary amides is 1. The second kappa shape index (κ2) is 6.32. The summed E-state index contributed by atoms with van der Waals surface area (Å²) in [6.45, 7) is 6.14. The van der Waals surface area contributed by atoms with Crippen molar-refractivity contribution in [3.8, 4) is 0 Å². The van der Waals surface area contributed by atoms with Crippen LogP contribution in [0.15, 0.2) is 0 Å². The number of carboxylic acid groups (broad SMARTS) is 1. The van der Waals surface area contributed by atoms with Gasteiger partial charge in [-0.3, -0.25) is 4.79 Å². The summed E-state index contributed by atoms with van der Waals surface area (Å²) in [5, 5.41) is 11.2. The predicted octanol–water partition coefficient (Wildman–Crippen LogP) is 0.703. The quantitative estimate of drug-likeness (QED) is 0.617. The Balaban J connectivity index is 0.000000281. The zero-order chi connectivity index (χ0) is 12.8. The van der Waals surface area contributed by atoms with Crippen molar-refractivity contribution in [2.24, 2.45) is 5.73 Å². The first-order valence-electron chi connectivity index (χ1n) is 5.17. The monoisotopic (exact) mass is 232 g/mol. The lowest BCUT2D eigenvalue weighted by Crippen LogP contribution is -2.29. The third-order valence-electron chi connectivity index (χ3n) is 1.77. The van der Waals surface area contributed by atoms with Gasteiger partial charge in [-0.2, -0.15) is 0 Å². The van der Waals surface area contributed by atoms with Crippen molar-refractivity contribution in [2.45, 2.75) is 45.3 Å². The molecule has 0 aliphatic carbocycles. The molecule has 0 aromatic carbocycles. The fourth-order valence-corrected chi connectivity index (χ4v) is 1.20. The molecule has 1 atom stereocenters. The van der Waals surface area contributed by atoms with Gasteiger partial charge >= 0.3 is 12.1 Å². The molecule has 0 radical (unpaired) electrons. The van der Waals surface area contributed by atoms with Crippen LogP contribution >= 0.6 is 0 Å². The van der Waals surface area contributed by atoms with Crippen LogP contribution in [0.25, 0.3) is 0 Å². The molecular formula is C10H20N2O4. The summed E-state index contributed by atoms with van der Waals surface area (Å²) < 4.78 is 4.58. The van der Waals surface area contributed by atoms with Gasteiger partial charge in [0.2, 0.25) is 0 Å². The highest BCUT2D eigenvalue weighted by atomic mass is 16.6. The molecule has 0 spiro atoms. The average molecular weight is 232 g/mol. The number of amides is 1. The Labute approximate surface area is 95.1 Å². The van der Waals surface area contributed by atoms with E-state index in [1.165, 1.54) is 0 Å². The van der Waals surface area contributed by atoms with Gasteiger partial charge in [0.05, 0.1) is 0 Å². The second-order valence-corrected chi connectivity index (χ2v) is 4.52. The van der Waals surface area contributed by atoms with Crippen molar-refractivity contribution < 1.29 is 19.4 Å². The summed E-state index contributed by atoms with van der Waals surface area (Å²) >= 11 is 0. The molecule has 4 N–H and O–H groups in total. The van der Waals surface area contributed by atoms with Crippen LogP contribution in [0.1, 0.15) is 33.6 Å². The van der Waals surface area contributed by atoms with Crippen LogP contribution in [0.3, 0.4) is 0 Å². The fourth-order valence-electron chi connectivity index (χ4n) is 1.20. The number of aliphatic carboxylic acids is 1. The minimum Gasteiger partial charge on any atom is -0.480 e. The Morgan fingerprint density at radius 2 is 2.00 bits per heavy atom. The predicted molar refractivity (Wildman–Crippen MR) is 59.1 cm³/mol. The van der Waals surface area contributed by atoms with E-state index in [0.29, 0.717) is 0 Å². The molecule has 0 unspecified atom stereocenters. The molecule has 1 heterocycles. The lowest BCUT2D eigenvalue weighted by Gasteiger charge is -2.16. The normalized spacial score (nSPS) is 19.6. The summed E-state index contributed by atoms with van der Waals surface area (Å²) in [5.74, 6) is -0.720. The summed E-state index contributed by atoms with van der Waals surface area (Å²) in [6, 6.07) is -0.269. The first kappa shape index (κ1) is 14.7. The Bertz CT molecular complexity index is 242. The van der Waals surface area contributed by atoms with E-state index < -0.39 is 17.7 Å². The van der Waals surface area contributed by atoms with Gasteiger partial charge in [0.15, 0.2) is 0 Å². The standard InChI is InChI=1S/C5H9NO2.C5H11NO2/c7-5(8)4-2-1-3-6-4;1-5(2,3)8-4(6)7/h4,6H,1-3H2,(H,7,8);1-3H3,(H2,6,7)/t4-;/m0./s1. The Hall–Kier alpha value is -1.30. The minimum absolute atomic E-state index is 0.269. The maximum Gasteiger partial charge on any atom is 0.405 e. The van der Waals surface area contributed by atoms with E-state index in [2.05, 4.69) is 10.1 Å². The van der Waals surface area contributed by atoms with Crippen molar-refractivity contribution in [1.29, 1.82) is 0 Å². The molecule has 94 valence electrons. The zero-order valence-electron chi connectivity index (χ0n) is 9.95. The number of carboxylic acids is 1. The number of ether oxygens (including phenoxy) is 1. The van der Waals surface area contributed by atoms with Gasteiger partial charge in [-0.1, -0.05) is 0 Å². The van der Waals surface area contributed by atoms with Gasteiger partial charge in [-0.25, -0.2) is 4.79 Å². The largest absolute Gasteiger partial charge is 0.480 e. The third kappa shape index (κ3) is 8.05. The third-order valence-corrected chi connectivity index (χ3v) is 1.77. The first-order chi connectivity index (χ1) is 7.22. The van der Waals surface area contributed by atoms with E-state index in [9.17, 15) is 9.59 Å². The molecule has 6 nitrogen and oxygen atoms in total. The summed E-state index contributed by atoms with van der Waals surface area (Å²) in [7, 11) is 0. The number of rotatable bonds is 1. The van der Waals surface area contributed by atoms with E-state index in [-0.39, 0.29) is 6.04 Å². The molecule has 1 saturated heterocycles. The molecule has 0 aromatic heterocycles. The molecule has 16 heavy (non-hydrogen) atoms. The summed E-state index contributed by atoms with van der Waals surface area (Å²) in [5.41, 5.74) is 4.26. The SMILES string of the molecule is CC(C)(C)OC(N)=O.O=C(O)[C@@H]1CCCN1. The van der Waals surface area contributed by atoms with Gasteiger partial charge in [-0.05, 0) is 40.2 Å². The van der Waals surface area contributed by atoms with E-state index in [1.54, 1.807) is 20.8 Å². The van der Waals surface area contributed by atoms with E-state index in [4.69, 9.17) is 10.8 Å². The number of nitrogens with one attached hydrogen (secondary N) is 1. The van der Waals surface area contributed by atoms with E-state index in [1.807, 2.05) is 0 Å². The van der Waals surface area contributed by atoms with Crippen molar-refractivity contribution >= 4 is 12.1 Å². The highest BCUT2D eigenvalue weighted by molar-refractivity contribution is 5.73. The lowest BCUT2D eigenvalue weighted by molar-refractivity contribution is -0.139. The van der Waals surface area contributed by atoms with E-state index in [0.717, 1.165) is 19.4 Å². The minimum atomic E-state index is -0.725. The number of nitrogens with two attached hydrogens (primary N) is 1. The molecule has 1 fully saturated rings. The lowest BCUT2D eigenvalue weighted by atomic mass is 10.2. The molecule has 1 amide bonds. The van der Waals surface area contributed by atoms with Crippen LogP contribution in [0, 0.1) is 0 Å². The molecule has 0 aromatic rings. The molecular weight excluding hydrogens is 212 g/mol. The van der Waals surface area contributed by atoms with Crippen LogP contribution in [0.5, 0.6) is 0 Å². The Morgan fingerprint density at radius 3 is 2.12 bits per heavy atom. The molecule has 1 rings (SSSR count). The van der Waals surface area contributed by atoms with Gasteiger partial charge in [0.25, 0.3) is 0 Å². The molecule has 0 bridgehead atoms. The highest BCUT2D eigenvalue weighted by Gasteiger charge is 2.20. The van der Waals surface area contributed by atoms with Crippen molar-refractivity contribution in [2.75, 3.05) is 6.54 Å². The molecule has 1 aliphatic heterocycles. The molecule has 0 saturated carbocycles. The summed E-state index contributed by atoms with van der Waals surface area (Å²) in [4.78, 5) is 20.2. The second-order valence-electron chi connectivity index (χ2n) is 4.52. The van der Waals surface area contributed by atoms with Crippen LogP contribution in [-0.4, -0.2) is 35.4 Å². The Kier molecular flexibility index (Phi) is 5.81. The first-order valence-corrected chi connectivity index (χ1v) is 5.17. The Morgan fingerprint density at radius 1 is 1.44 bits per heavy atom. The van der Waals surface area contributed by atoms with E-state index >= 15 is 0 Å². The van der Waals surface area contributed by atoms with Gasteiger partial charge in [0, 0.05) is 0 Å². The topological polar surface area (TPSA) is 102 Å². The highest BCUT2D eigenvalue weighted by Crippen LogP contribution is 2.05.